The lowest BCUT2D eigenvalue weighted by atomic mass is 10.2. The number of ether oxygens (including phenoxy) is 2. The highest BCUT2D eigenvalue weighted by molar-refractivity contribution is 5.96. The number of aromatic nitrogens is 1. The van der Waals surface area contributed by atoms with Gasteiger partial charge in [-0.2, -0.15) is 13.2 Å². The van der Waals surface area contributed by atoms with Gasteiger partial charge in [-0.1, -0.05) is 12.1 Å². The zero-order chi connectivity index (χ0) is 19.9. The zero-order valence-corrected chi connectivity index (χ0v) is 14.2. The van der Waals surface area contributed by atoms with Gasteiger partial charge in [0, 0.05) is 18.4 Å². The van der Waals surface area contributed by atoms with Crippen LogP contribution in [-0.4, -0.2) is 36.9 Å². The summed E-state index contributed by atoms with van der Waals surface area (Å²) < 4.78 is 45.9. The molecule has 0 saturated heterocycles. The molecule has 7 nitrogen and oxygen atoms in total. The molecule has 0 aliphatic carbocycles. The number of alkyl halides is 3. The molecule has 0 aliphatic rings. The van der Waals surface area contributed by atoms with Crippen molar-refractivity contribution in [2.24, 2.45) is 0 Å². The highest BCUT2D eigenvalue weighted by atomic mass is 19.4. The van der Waals surface area contributed by atoms with E-state index in [0.29, 0.717) is 11.3 Å². The molecule has 2 amide bonds. The molecule has 2 rings (SSSR count). The second-order valence-corrected chi connectivity index (χ2v) is 5.26. The van der Waals surface area contributed by atoms with Gasteiger partial charge in [0.2, 0.25) is 5.88 Å². The average Bonchev–Trinajstić information content (AvgIpc) is 2.65. The predicted molar refractivity (Wildman–Crippen MR) is 89.4 cm³/mol. The summed E-state index contributed by atoms with van der Waals surface area (Å²) in [6.45, 7) is -1.43. The largest absolute Gasteiger partial charge is 0.467 e. The van der Waals surface area contributed by atoms with Gasteiger partial charge in [-0.05, 0) is 29.8 Å². The molecule has 0 unspecified atom stereocenters. The molecule has 0 atom stereocenters. The van der Waals surface area contributed by atoms with E-state index in [4.69, 9.17) is 0 Å². The first-order valence-electron chi connectivity index (χ1n) is 7.65. The lowest BCUT2D eigenvalue weighted by Gasteiger charge is -2.12. The number of methoxy groups -OCH3 is 1. The molecule has 10 heteroatoms. The van der Waals surface area contributed by atoms with Crippen molar-refractivity contribution in [3.05, 3.63) is 53.7 Å². The Morgan fingerprint density at radius 1 is 1.15 bits per heavy atom. The number of benzene rings is 1. The van der Waals surface area contributed by atoms with Gasteiger partial charge < -0.3 is 14.8 Å². The number of rotatable bonds is 6. The van der Waals surface area contributed by atoms with Gasteiger partial charge in [0.1, 0.15) is 5.56 Å². The lowest BCUT2D eigenvalue weighted by Crippen LogP contribution is -2.25. The molecule has 1 aromatic carbocycles. The van der Waals surface area contributed by atoms with E-state index in [-0.39, 0.29) is 12.1 Å². The van der Waals surface area contributed by atoms with Crippen LogP contribution in [0.5, 0.6) is 5.88 Å². The molecule has 2 N–H and O–H groups in total. The number of amides is 2. The van der Waals surface area contributed by atoms with Crippen molar-refractivity contribution in [3.8, 4) is 5.88 Å². The molecule has 0 spiro atoms. The van der Waals surface area contributed by atoms with Crippen LogP contribution in [0.25, 0.3) is 0 Å². The maximum atomic E-state index is 12.3. The fourth-order valence-electron chi connectivity index (χ4n) is 1.98. The molecule has 1 heterocycles. The number of halogens is 3. The fourth-order valence-corrected chi connectivity index (χ4v) is 1.98. The van der Waals surface area contributed by atoms with E-state index in [1.165, 1.54) is 25.4 Å². The average molecular weight is 383 g/mol. The van der Waals surface area contributed by atoms with Crippen molar-refractivity contribution in [2.75, 3.05) is 19.0 Å². The Morgan fingerprint density at radius 3 is 2.48 bits per heavy atom. The number of nitrogens with one attached hydrogen (secondary N) is 2. The third-order valence-corrected chi connectivity index (χ3v) is 3.23. The van der Waals surface area contributed by atoms with E-state index in [0.717, 1.165) is 0 Å². The van der Waals surface area contributed by atoms with Crippen molar-refractivity contribution in [3.63, 3.8) is 0 Å². The predicted octanol–water partition coefficient (Wildman–Crippen LogP) is 3.13. The Kier molecular flexibility index (Phi) is 6.58. The summed E-state index contributed by atoms with van der Waals surface area (Å²) in [5.74, 6) is -1.03. The Morgan fingerprint density at radius 2 is 1.85 bits per heavy atom. The summed E-state index contributed by atoms with van der Waals surface area (Å²) >= 11 is 0. The summed E-state index contributed by atoms with van der Waals surface area (Å²) in [5, 5.41) is 5.05. The topological polar surface area (TPSA) is 89.6 Å². The third kappa shape index (κ3) is 6.49. The Labute approximate surface area is 152 Å². The monoisotopic (exact) mass is 383 g/mol. The van der Waals surface area contributed by atoms with Gasteiger partial charge in [-0.15, -0.1) is 0 Å². The summed E-state index contributed by atoms with van der Waals surface area (Å²) in [7, 11) is 1.24. The Hall–Kier alpha value is -3.30. The second kappa shape index (κ2) is 8.88. The number of carbonyl (C=O) groups excluding carboxylic acids is 2. The quantitative estimate of drug-likeness (QED) is 0.800. The van der Waals surface area contributed by atoms with Crippen LogP contribution < -0.4 is 15.4 Å². The van der Waals surface area contributed by atoms with Crippen LogP contribution in [0, 0.1) is 0 Å². The zero-order valence-electron chi connectivity index (χ0n) is 14.2. The molecule has 0 radical (unpaired) electrons. The van der Waals surface area contributed by atoms with Crippen LogP contribution in [0.4, 0.5) is 23.7 Å². The van der Waals surface area contributed by atoms with Gasteiger partial charge in [-0.25, -0.2) is 9.78 Å². The second-order valence-electron chi connectivity index (χ2n) is 5.26. The van der Waals surface area contributed by atoms with Crippen molar-refractivity contribution in [2.45, 2.75) is 12.7 Å². The highest BCUT2D eigenvalue weighted by Gasteiger charge is 2.29. The van der Waals surface area contributed by atoms with Gasteiger partial charge in [0.25, 0.3) is 5.91 Å². The SMILES string of the molecule is COC(=O)Nc1ccc(CNC(=O)c2cccnc2OCC(F)(F)F)cc1. The number of hydrogen-bond acceptors (Lipinski definition) is 5. The first-order chi connectivity index (χ1) is 12.8. The van der Waals surface area contributed by atoms with Gasteiger partial charge in [0.15, 0.2) is 6.61 Å². The first kappa shape index (κ1) is 20.0. The number of pyridine rings is 1. The lowest BCUT2D eigenvalue weighted by molar-refractivity contribution is -0.154. The summed E-state index contributed by atoms with van der Waals surface area (Å²) in [6.07, 6.45) is -3.92. The number of nitrogens with zero attached hydrogens (tertiary/aromatic N) is 1. The molecular weight excluding hydrogens is 367 g/mol. The van der Waals surface area contributed by atoms with E-state index in [1.54, 1.807) is 24.3 Å². The standard InChI is InChI=1S/C17H16F3N3O4/c1-26-16(25)23-12-6-4-11(5-7-12)9-22-14(24)13-3-2-8-21-15(13)27-10-17(18,19)20/h2-8H,9-10H2,1H3,(H,22,24)(H,23,25). The van der Waals surface area contributed by atoms with E-state index < -0.39 is 30.7 Å². The van der Waals surface area contributed by atoms with Crippen molar-refractivity contribution < 1.29 is 32.2 Å². The number of anilines is 1. The highest BCUT2D eigenvalue weighted by Crippen LogP contribution is 2.20. The molecule has 144 valence electrons. The number of hydrogen-bond donors (Lipinski definition) is 2. The Balaban J connectivity index is 1.97. The smallest absolute Gasteiger partial charge is 0.422 e. The third-order valence-electron chi connectivity index (χ3n) is 3.23. The van der Waals surface area contributed by atoms with E-state index in [2.05, 4.69) is 25.1 Å². The van der Waals surface area contributed by atoms with Crippen LogP contribution in [0.1, 0.15) is 15.9 Å². The van der Waals surface area contributed by atoms with Gasteiger partial charge in [0.05, 0.1) is 7.11 Å². The summed E-state index contributed by atoms with van der Waals surface area (Å²) in [5.41, 5.74) is 1.11. The molecular formula is C17H16F3N3O4. The van der Waals surface area contributed by atoms with Crippen molar-refractivity contribution >= 4 is 17.7 Å². The van der Waals surface area contributed by atoms with Crippen LogP contribution >= 0.6 is 0 Å². The minimum atomic E-state index is -4.54. The maximum absolute atomic E-state index is 12.3. The summed E-state index contributed by atoms with van der Waals surface area (Å²) in [4.78, 5) is 27.0. The van der Waals surface area contributed by atoms with Crippen LogP contribution in [0.2, 0.25) is 0 Å². The molecule has 27 heavy (non-hydrogen) atoms. The van der Waals surface area contributed by atoms with Crippen LogP contribution in [-0.2, 0) is 11.3 Å². The van der Waals surface area contributed by atoms with E-state index in [1.807, 2.05) is 0 Å². The van der Waals surface area contributed by atoms with Crippen molar-refractivity contribution in [1.29, 1.82) is 0 Å². The molecule has 0 aliphatic heterocycles. The van der Waals surface area contributed by atoms with Crippen LogP contribution in [0.3, 0.4) is 0 Å². The summed E-state index contributed by atoms with van der Waals surface area (Å²) in [6, 6.07) is 9.28. The number of carbonyl (C=O) groups is 2. The minimum Gasteiger partial charge on any atom is -0.467 e. The normalized spacial score (nSPS) is 10.8. The first-order valence-corrected chi connectivity index (χ1v) is 7.65. The maximum Gasteiger partial charge on any atom is 0.422 e. The molecule has 0 fully saturated rings. The van der Waals surface area contributed by atoms with E-state index in [9.17, 15) is 22.8 Å². The van der Waals surface area contributed by atoms with E-state index >= 15 is 0 Å². The van der Waals surface area contributed by atoms with Gasteiger partial charge in [-0.3, -0.25) is 10.1 Å². The molecule has 0 saturated carbocycles. The molecule has 0 bridgehead atoms. The minimum absolute atomic E-state index is 0.106. The Bertz CT molecular complexity index is 795. The fraction of sp³-hybridized carbons (Fsp3) is 0.235. The van der Waals surface area contributed by atoms with Gasteiger partial charge >= 0.3 is 12.3 Å². The van der Waals surface area contributed by atoms with Crippen molar-refractivity contribution in [1.82, 2.24) is 10.3 Å². The van der Waals surface area contributed by atoms with Crippen LogP contribution in [0.15, 0.2) is 42.6 Å². The molecule has 2 aromatic rings. The molecule has 1 aromatic heterocycles.